The fraction of sp³-hybridized carbons (Fsp3) is 0.533. The van der Waals surface area contributed by atoms with Crippen LogP contribution in [0.4, 0.5) is 0 Å². The molecule has 0 atom stereocenters. The summed E-state index contributed by atoms with van der Waals surface area (Å²) in [6, 6.07) is 10.1. The first kappa shape index (κ1) is 13.1. The lowest BCUT2D eigenvalue weighted by Crippen LogP contribution is -2.29. The molecule has 0 saturated carbocycles. The number of ether oxygens (including phenoxy) is 1. The Morgan fingerprint density at radius 1 is 1.33 bits per heavy atom. The summed E-state index contributed by atoms with van der Waals surface area (Å²) >= 11 is 0. The minimum atomic E-state index is 0.734. The first-order chi connectivity index (χ1) is 8.79. The molecule has 0 spiro atoms. The third kappa shape index (κ3) is 3.56. The zero-order valence-electron chi connectivity index (χ0n) is 10.9. The van der Waals surface area contributed by atoms with E-state index in [4.69, 9.17) is 10.00 Å². The third-order valence-corrected chi connectivity index (χ3v) is 3.49. The van der Waals surface area contributed by atoms with Crippen LogP contribution in [0, 0.1) is 17.2 Å². The number of hydrogen-bond donors (Lipinski definition) is 0. The molecule has 0 aliphatic carbocycles. The van der Waals surface area contributed by atoms with Gasteiger partial charge in [0.05, 0.1) is 11.6 Å². The van der Waals surface area contributed by atoms with Crippen molar-refractivity contribution in [3.05, 3.63) is 35.4 Å². The average Bonchev–Trinajstić information content (AvgIpc) is 2.40. The van der Waals surface area contributed by atoms with E-state index >= 15 is 0 Å². The molecule has 2 rings (SSSR count). The van der Waals surface area contributed by atoms with Crippen LogP contribution in [0.5, 0.6) is 0 Å². The minimum absolute atomic E-state index is 0.734. The molecule has 1 heterocycles. The normalized spacial score (nSPS) is 16.7. The number of rotatable bonds is 4. The Hall–Kier alpha value is -1.37. The molecule has 1 aliphatic heterocycles. The molecule has 0 N–H and O–H groups in total. The lowest BCUT2D eigenvalue weighted by Gasteiger charge is -2.27. The topological polar surface area (TPSA) is 36.3 Å². The van der Waals surface area contributed by atoms with Gasteiger partial charge >= 0.3 is 0 Å². The van der Waals surface area contributed by atoms with Gasteiger partial charge in [-0.2, -0.15) is 5.26 Å². The van der Waals surface area contributed by atoms with Gasteiger partial charge in [-0.05, 0) is 37.4 Å². The van der Waals surface area contributed by atoms with E-state index in [0.717, 1.165) is 56.2 Å². The Kier molecular flexibility index (Phi) is 4.74. The minimum Gasteiger partial charge on any atom is -0.381 e. The molecule has 96 valence electrons. The highest BCUT2D eigenvalue weighted by Crippen LogP contribution is 2.17. The van der Waals surface area contributed by atoms with Crippen LogP contribution < -0.4 is 0 Å². The monoisotopic (exact) mass is 244 g/mol. The van der Waals surface area contributed by atoms with Gasteiger partial charge in [0.25, 0.3) is 0 Å². The van der Waals surface area contributed by atoms with Gasteiger partial charge in [0, 0.05) is 26.3 Å². The number of nitrogens with zero attached hydrogens (tertiary/aromatic N) is 2. The van der Waals surface area contributed by atoms with Crippen molar-refractivity contribution in [1.29, 1.82) is 5.26 Å². The smallest absolute Gasteiger partial charge is 0.0995 e. The third-order valence-electron chi connectivity index (χ3n) is 3.49. The highest BCUT2D eigenvalue weighted by Gasteiger charge is 2.16. The summed E-state index contributed by atoms with van der Waals surface area (Å²) in [5.74, 6) is 0.734. The molecule has 1 fully saturated rings. The first-order valence-electron chi connectivity index (χ1n) is 6.54. The predicted octanol–water partition coefficient (Wildman–Crippen LogP) is 2.42. The van der Waals surface area contributed by atoms with Crippen molar-refractivity contribution in [3.63, 3.8) is 0 Å². The van der Waals surface area contributed by atoms with Crippen LogP contribution in [0.1, 0.15) is 24.0 Å². The summed E-state index contributed by atoms with van der Waals surface area (Å²) < 4.78 is 5.37. The van der Waals surface area contributed by atoms with E-state index in [9.17, 15) is 0 Å². The summed E-state index contributed by atoms with van der Waals surface area (Å²) in [4.78, 5) is 2.31. The van der Waals surface area contributed by atoms with E-state index in [2.05, 4.69) is 18.0 Å². The zero-order chi connectivity index (χ0) is 12.8. The summed E-state index contributed by atoms with van der Waals surface area (Å²) in [7, 11) is 2.13. The molecule has 3 nitrogen and oxygen atoms in total. The lowest BCUT2D eigenvalue weighted by molar-refractivity contribution is 0.0549. The fourth-order valence-corrected chi connectivity index (χ4v) is 2.49. The van der Waals surface area contributed by atoms with Gasteiger partial charge in [0.1, 0.15) is 0 Å². The highest BCUT2D eigenvalue weighted by molar-refractivity contribution is 5.37. The van der Waals surface area contributed by atoms with Crippen LogP contribution in [-0.4, -0.2) is 31.7 Å². The molecule has 0 amide bonds. The zero-order valence-corrected chi connectivity index (χ0v) is 10.9. The van der Waals surface area contributed by atoms with E-state index in [1.807, 2.05) is 24.3 Å². The van der Waals surface area contributed by atoms with Gasteiger partial charge in [0.15, 0.2) is 0 Å². The summed E-state index contributed by atoms with van der Waals surface area (Å²) in [6.07, 6.45) is 2.31. The Morgan fingerprint density at radius 2 is 2.06 bits per heavy atom. The highest BCUT2D eigenvalue weighted by atomic mass is 16.5. The van der Waals surface area contributed by atoms with Crippen molar-refractivity contribution in [2.45, 2.75) is 19.4 Å². The van der Waals surface area contributed by atoms with Gasteiger partial charge in [-0.1, -0.05) is 18.2 Å². The van der Waals surface area contributed by atoms with E-state index in [1.165, 1.54) is 0 Å². The Labute approximate surface area is 109 Å². The van der Waals surface area contributed by atoms with Crippen LogP contribution in [0.25, 0.3) is 0 Å². The number of nitriles is 1. The molecule has 1 saturated heterocycles. The molecule has 1 aromatic rings. The maximum atomic E-state index is 9.07. The summed E-state index contributed by atoms with van der Waals surface area (Å²) in [6.45, 7) is 3.73. The van der Waals surface area contributed by atoms with Crippen LogP contribution in [0.3, 0.4) is 0 Å². The summed E-state index contributed by atoms with van der Waals surface area (Å²) in [5, 5.41) is 9.07. The second-order valence-corrected chi connectivity index (χ2v) is 5.02. The summed E-state index contributed by atoms with van der Waals surface area (Å²) in [5.41, 5.74) is 1.91. The van der Waals surface area contributed by atoms with Crippen LogP contribution in [0.15, 0.2) is 24.3 Å². The van der Waals surface area contributed by atoms with Gasteiger partial charge in [-0.15, -0.1) is 0 Å². The van der Waals surface area contributed by atoms with Crippen molar-refractivity contribution in [1.82, 2.24) is 4.90 Å². The largest absolute Gasteiger partial charge is 0.381 e. The molecule has 0 unspecified atom stereocenters. The number of hydrogen-bond acceptors (Lipinski definition) is 3. The molecule has 0 radical (unpaired) electrons. The Balaban J connectivity index is 1.90. The molecular formula is C15H20N2O. The van der Waals surface area contributed by atoms with E-state index < -0.39 is 0 Å². The molecule has 0 bridgehead atoms. The van der Waals surface area contributed by atoms with Crippen molar-refractivity contribution in [3.8, 4) is 6.07 Å². The quantitative estimate of drug-likeness (QED) is 0.816. The molecule has 18 heavy (non-hydrogen) atoms. The standard InChI is InChI=1S/C15H20N2O/c1-17(11-13-6-8-18-9-7-13)12-15-5-3-2-4-14(15)10-16/h2-5,13H,6-9,11-12H2,1H3. The van der Waals surface area contributed by atoms with E-state index in [0.29, 0.717) is 0 Å². The van der Waals surface area contributed by atoms with E-state index in [1.54, 1.807) is 0 Å². The Bertz CT molecular complexity index is 419. The molecule has 1 aliphatic rings. The average molecular weight is 244 g/mol. The maximum absolute atomic E-state index is 9.07. The van der Waals surface area contributed by atoms with Gasteiger partial charge in [-0.25, -0.2) is 0 Å². The van der Waals surface area contributed by atoms with E-state index in [-0.39, 0.29) is 0 Å². The number of benzene rings is 1. The van der Waals surface area contributed by atoms with Crippen molar-refractivity contribution >= 4 is 0 Å². The van der Waals surface area contributed by atoms with Crippen LogP contribution in [0.2, 0.25) is 0 Å². The SMILES string of the molecule is CN(Cc1ccccc1C#N)CC1CCOCC1. The molecule has 1 aromatic carbocycles. The second kappa shape index (κ2) is 6.53. The molecule has 0 aromatic heterocycles. The predicted molar refractivity (Wildman–Crippen MR) is 71.0 cm³/mol. The fourth-order valence-electron chi connectivity index (χ4n) is 2.49. The maximum Gasteiger partial charge on any atom is 0.0995 e. The Morgan fingerprint density at radius 3 is 2.78 bits per heavy atom. The van der Waals surface area contributed by atoms with Crippen molar-refractivity contribution in [2.24, 2.45) is 5.92 Å². The lowest BCUT2D eigenvalue weighted by atomic mass is 9.99. The van der Waals surface area contributed by atoms with Crippen molar-refractivity contribution in [2.75, 3.05) is 26.8 Å². The molecule has 3 heteroatoms. The van der Waals surface area contributed by atoms with Crippen LogP contribution in [-0.2, 0) is 11.3 Å². The van der Waals surface area contributed by atoms with Gasteiger partial charge in [0.2, 0.25) is 0 Å². The molecular weight excluding hydrogens is 224 g/mol. The first-order valence-corrected chi connectivity index (χ1v) is 6.54. The van der Waals surface area contributed by atoms with Gasteiger partial charge < -0.3 is 9.64 Å². The van der Waals surface area contributed by atoms with Crippen LogP contribution >= 0.6 is 0 Å². The second-order valence-electron chi connectivity index (χ2n) is 5.02. The van der Waals surface area contributed by atoms with Crippen molar-refractivity contribution < 1.29 is 4.74 Å². The van der Waals surface area contributed by atoms with Gasteiger partial charge in [-0.3, -0.25) is 0 Å².